The van der Waals surface area contributed by atoms with Crippen LogP contribution in [0.5, 0.6) is 0 Å². The molecule has 6 nitrogen and oxygen atoms in total. The fraction of sp³-hybridized carbons (Fsp3) is 0.700. The van der Waals surface area contributed by atoms with Crippen molar-refractivity contribution in [1.29, 1.82) is 0 Å². The van der Waals surface area contributed by atoms with Crippen molar-refractivity contribution in [3.63, 3.8) is 0 Å². The molecule has 0 heterocycles. The lowest BCUT2D eigenvalue weighted by molar-refractivity contribution is -0.135. The Morgan fingerprint density at radius 3 is 2.35 bits per heavy atom. The van der Waals surface area contributed by atoms with E-state index in [1.54, 1.807) is 26.0 Å². The zero-order valence-corrected chi connectivity index (χ0v) is 11.1. The third-order valence-corrected chi connectivity index (χ3v) is 3.65. The predicted molar refractivity (Wildman–Crippen MR) is 65.4 cm³/mol. The predicted octanol–water partition coefficient (Wildman–Crippen LogP) is 1.48. The molecular formula is C10H20NO5P. The summed E-state index contributed by atoms with van der Waals surface area (Å²) in [5.41, 5.74) is 0. The van der Waals surface area contributed by atoms with Crippen LogP contribution in [0, 0.1) is 0 Å². The lowest BCUT2D eigenvalue weighted by Gasteiger charge is -2.14. The smallest absolute Gasteiger partial charge is 0.334 e. The number of hydrogen-bond acceptors (Lipinski definition) is 5. The summed E-state index contributed by atoms with van der Waals surface area (Å²) >= 11 is 0. The minimum atomic E-state index is -3.02. The van der Waals surface area contributed by atoms with Gasteiger partial charge in [-0.1, -0.05) is 12.2 Å². The zero-order chi connectivity index (χ0) is 13.1. The lowest BCUT2D eigenvalue weighted by Crippen LogP contribution is -2.22. The summed E-state index contributed by atoms with van der Waals surface area (Å²) in [4.78, 5) is 10.2. The number of nitrogens with one attached hydrogen (secondary N) is 1. The Morgan fingerprint density at radius 1 is 1.29 bits per heavy atom. The molecule has 0 bridgehead atoms. The highest BCUT2D eigenvalue weighted by Gasteiger charge is 2.20. The molecule has 100 valence electrons. The molecular weight excluding hydrogens is 245 g/mol. The Kier molecular flexibility index (Phi) is 8.99. The Balaban J connectivity index is 3.91. The van der Waals surface area contributed by atoms with Gasteiger partial charge in [0.15, 0.2) is 0 Å². The minimum Gasteiger partial charge on any atom is -0.480 e. The average Bonchev–Trinajstić information content (AvgIpc) is 2.23. The van der Waals surface area contributed by atoms with Gasteiger partial charge in [0.1, 0.15) is 0 Å². The van der Waals surface area contributed by atoms with Gasteiger partial charge in [0.25, 0.3) is 0 Å². The largest absolute Gasteiger partial charge is 0.480 e. The van der Waals surface area contributed by atoms with E-state index >= 15 is 0 Å². The van der Waals surface area contributed by atoms with Crippen LogP contribution in [0.2, 0.25) is 0 Å². The van der Waals surface area contributed by atoms with Gasteiger partial charge >= 0.3 is 13.6 Å². The average molecular weight is 265 g/mol. The first-order valence-corrected chi connectivity index (χ1v) is 7.22. The second kappa shape index (κ2) is 9.36. The van der Waals surface area contributed by atoms with Crippen molar-refractivity contribution >= 4 is 13.6 Å². The molecule has 0 aromatic carbocycles. The third-order valence-electron chi connectivity index (χ3n) is 1.69. The summed E-state index contributed by atoms with van der Waals surface area (Å²) in [5.74, 6) is -0.910. The highest BCUT2D eigenvalue weighted by molar-refractivity contribution is 7.54. The van der Waals surface area contributed by atoms with Crippen molar-refractivity contribution in [2.24, 2.45) is 0 Å². The molecule has 0 saturated carbocycles. The van der Waals surface area contributed by atoms with Gasteiger partial charge in [-0.2, -0.15) is 0 Å². The number of carboxylic acids is 1. The first kappa shape index (κ1) is 16.3. The van der Waals surface area contributed by atoms with E-state index in [4.69, 9.17) is 14.2 Å². The normalized spacial score (nSPS) is 12.1. The minimum absolute atomic E-state index is 0.0983. The number of carboxylic acid groups (broad SMARTS) is 1. The first-order valence-electron chi connectivity index (χ1n) is 5.49. The van der Waals surface area contributed by atoms with E-state index in [-0.39, 0.29) is 12.7 Å². The highest BCUT2D eigenvalue weighted by Crippen LogP contribution is 2.47. The molecule has 0 spiro atoms. The molecule has 0 radical (unpaired) electrons. The van der Waals surface area contributed by atoms with Crippen molar-refractivity contribution in [2.45, 2.75) is 13.8 Å². The summed E-state index contributed by atoms with van der Waals surface area (Å²) < 4.78 is 22.1. The Labute approximate surface area is 102 Å². The van der Waals surface area contributed by atoms with Gasteiger partial charge in [-0.3, -0.25) is 9.36 Å². The van der Waals surface area contributed by atoms with Crippen LogP contribution >= 0.6 is 7.60 Å². The molecule has 0 rings (SSSR count). The summed E-state index contributed by atoms with van der Waals surface area (Å²) in [6.45, 7) is 4.49. The van der Waals surface area contributed by atoms with Gasteiger partial charge in [-0.05, 0) is 13.8 Å². The second-order valence-corrected chi connectivity index (χ2v) is 5.23. The van der Waals surface area contributed by atoms with E-state index in [9.17, 15) is 9.36 Å². The molecule has 7 heteroatoms. The van der Waals surface area contributed by atoms with Gasteiger partial charge in [0.2, 0.25) is 0 Å². The van der Waals surface area contributed by atoms with Crippen molar-refractivity contribution in [1.82, 2.24) is 5.32 Å². The quantitative estimate of drug-likeness (QED) is 0.353. The SMILES string of the molecule is CCOP(=O)(C/C=C/CNCC(=O)O)OCC. The number of aliphatic carboxylic acids is 1. The maximum atomic E-state index is 11.9. The molecule has 0 aromatic heterocycles. The second-order valence-electron chi connectivity index (χ2n) is 3.13. The lowest BCUT2D eigenvalue weighted by atomic mass is 10.5. The van der Waals surface area contributed by atoms with Crippen LogP contribution in [-0.2, 0) is 18.4 Å². The van der Waals surface area contributed by atoms with Crippen LogP contribution in [0.1, 0.15) is 13.8 Å². The maximum Gasteiger partial charge on any atom is 0.334 e. The van der Waals surface area contributed by atoms with Crippen LogP contribution in [0.15, 0.2) is 12.2 Å². The molecule has 17 heavy (non-hydrogen) atoms. The van der Waals surface area contributed by atoms with Gasteiger partial charge in [-0.15, -0.1) is 0 Å². The Bertz CT molecular complexity index is 282. The molecule has 2 N–H and O–H groups in total. The monoisotopic (exact) mass is 265 g/mol. The summed E-state index contributed by atoms with van der Waals surface area (Å²) in [7, 11) is -3.02. The van der Waals surface area contributed by atoms with Crippen LogP contribution in [-0.4, -0.2) is 43.5 Å². The standard InChI is InChI=1S/C10H20NO5P/c1-3-15-17(14,16-4-2)8-6-5-7-11-9-10(12)13/h5-6,11H,3-4,7-9H2,1-2H3,(H,12,13)/b6-5+. The summed E-state index contributed by atoms with van der Waals surface area (Å²) in [6.07, 6.45) is 3.57. The number of carbonyl (C=O) groups is 1. The first-order chi connectivity index (χ1) is 8.04. The topological polar surface area (TPSA) is 84.9 Å². The molecule has 0 amide bonds. The Morgan fingerprint density at radius 2 is 1.88 bits per heavy atom. The Hall–Kier alpha value is -0.680. The van der Waals surface area contributed by atoms with Crippen molar-refractivity contribution in [3.8, 4) is 0 Å². The molecule has 0 fully saturated rings. The summed E-state index contributed by atoms with van der Waals surface area (Å²) in [5, 5.41) is 11.0. The van der Waals surface area contributed by atoms with E-state index in [2.05, 4.69) is 5.32 Å². The van der Waals surface area contributed by atoms with E-state index < -0.39 is 13.6 Å². The van der Waals surface area contributed by atoms with E-state index in [1.165, 1.54) is 0 Å². The molecule has 0 saturated heterocycles. The van der Waals surface area contributed by atoms with Gasteiger partial charge < -0.3 is 19.5 Å². The van der Waals surface area contributed by atoms with E-state index in [1.807, 2.05) is 0 Å². The van der Waals surface area contributed by atoms with E-state index in [0.717, 1.165) is 0 Å². The number of rotatable bonds is 10. The van der Waals surface area contributed by atoms with Gasteiger partial charge in [-0.25, -0.2) is 0 Å². The summed E-state index contributed by atoms with van der Waals surface area (Å²) in [6, 6.07) is 0. The maximum absolute atomic E-state index is 11.9. The van der Waals surface area contributed by atoms with Crippen LogP contribution in [0.25, 0.3) is 0 Å². The fourth-order valence-electron chi connectivity index (χ4n) is 1.09. The fourth-order valence-corrected chi connectivity index (χ4v) is 2.56. The molecule has 0 aliphatic rings. The zero-order valence-electron chi connectivity index (χ0n) is 10.2. The van der Waals surface area contributed by atoms with E-state index in [0.29, 0.717) is 19.8 Å². The van der Waals surface area contributed by atoms with Gasteiger partial charge in [0, 0.05) is 6.54 Å². The van der Waals surface area contributed by atoms with Crippen LogP contribution < -0.4 is 5.32 Å². The number of hydrogen-bond donors (Lipinski definition) is 2. The third kappa shape index (κ3) is 9.06. The van der Waals surface area contributed by atoms with Crippen molar-refractivity contribution in [3.05, 3.63) is 12.2 Å². The van der Waals surface area contributed by atoms with Crippen molar-refractivity contribution in [2.75, 3.05) is 32.5 Å². The highest BCUT2D eigenvalue weighted by atomic mass is 31.2. The van der Waals surface area contributed by atoms with Gasteiger partial charge in [0.05, 0.1) is 25.9 Å². The molecule has 0 unspecified atom stereocenters. The molecule has 0 aromatic rings. The number of allylic oxidation sites excluding steroid dienone is 1. The van der Waals surface area contributed by atoms with Crippen LogP contribution in [0.3, 0.4) is 0 Å². The molecule has 0 atom stereocenters. The van der Waals surface area contributed by atoms with Crippen molar-refractivity contribution < 1.29 is 23.5 Å². The molecule has 0 aliphatic carbocycles. The van der Waals surface area contributed by atoms with Crippen LogP contribution in [0.4, 0.5) is 0 Å². The molecule has 0 aliphatic heterocycles.